The van der Waals surface area contributed by atoms with Crippen molar-refractivity contribution in [3.63, 3.8) is 0 Å². The maximum Gasteiger partial charge on any atom is 0.317 e. The first-order chi connectivity index (χ1) is 10.5. The van der Waals surface area contributed by atoms with Crippen LogP contribution in [0.3, 0.4) is 0 Å². The molecular formula is C17H24N2O3. The highest BCUT2D eigenvalue weighted by atomic mass is 16.4. The molecule has 1 aromatic rings. The summed E-state index contributed by atoms with van der Waals surface area (Å²) < 4.78 is 0. The maximum absolute atomic E-state index is 12.0. The molecule has 1 aliphatic carbocycles. The highest BCUT2D eigenvalue weighted by molar-refractivity contribution is 5.79. The molecule has 0 saturated heterocycles. The van der Waals surface area contributed by atoms with Crippen LogP contribution in [0.4, 0.5) is 0 Å². The van der Waals surface area contributed by atoms with E-state index in [1.54, 1.807) is 7.05 Å². The summed E-state index contributed by atoms with van der Waals surface area (Å²) in [6, 6.07) is 10.4. The number of nitrogens with zero attached hydrogens (tertiary/aromatic N) is 1. The van der Waals surface area contributed by atoms with Gasteiger partial charge in [-0.3, -0.25) is 14.5 Å². The molecule has 1 aromatic carbocycles. The van der Waals surface area contributed by atoms with Crippen LogP contribution in [0.2, 0.25) is 0 Å². The minimum atomic E-state index is -0.924. The van der Waals surface area contributed by atoms with Crippen LogP contribution >= 0.6 is 0 Å². The standard InChI is InChI=1S/C17H24N2O3/c1-19(12-16(21)22)11-15(20)18-13-17(9-5-6-10-17)14-7-3-2-4-8-14/h2-4,7-8H,5-6,9-13H2,1H3,(H,18,20)(H,21,22). The van der Waals surface area contributed by atoms with Gasteiger partial charge in [-0.2, -0.15) is 0 Å². The zero-order valence-corrected chi connectivity index (χ0v) is 13.0. The van der Waals surface area contributed by atoms with Gasteiger partial charge < -0.3 is 10.4 Å². The normalized spacial score (nSPS) is 16.6. The summed E-state index contributed by atoms with van der Waals surface area (Å²) >= 11 is 0. The molecule has 1 fully saturated rings. The molecule has 0 spiro atoms. The van der Waals surface area contributed by atoms with Crippen molar-refractivity contribution in [2.24, 2.45) is 0 Å². The zero-order chi connectivity index (χ0) is 16.0. The van der Waals surface area contributed by atoms with Gasteiger partial charge >= 0.3 is 5.97 Å². The van der Waals surface area contributed by atoms with Gasteiger partial charge in [0, 0.05) is 12.0 Å². The average Bonchev–Trinajstić information content (AvgIpc) is 2.95. The highest BCUT2D eigenvalue weighted by Crippen LogP contribution is 2.40. The van der Waals surface area contributed by atoms with Crippen LogP contribution in [-0.2, 0) is 15.0 Å². The third kappa shape index (κ3) is 4.31. The Kier molecular flexibility index (Phi) is 5.55. The molecule has 0 aliphatic heterocycles. The Morgan fingerprint density at radius 1 is 1.18 bits per heavy atom. The van der Waals surface area contributed by atoms with Gasteiger partial charge in [-0.25, -0.2) is 0 Å². The van der Waals surface area contributed by atoms with Crippen molar-refractivity contribution in [1.82, 2.24) is 10.2 Å². The molecule has 1 aliphatic rings. The molecule has 1 saturated carbocycles. The number of carbonyl (C=O) groups excluding carboxylic acids is 1. The topological polar surface area (TPSA) is 69.6 Å². The van der Waals surface area contributed by atoms with Crippen LogP contribution in [0, 0.1) is 0 Å². The molecule has 0 atom stereocenters. The molecule has 2 rings (SSSR count). The lowest BCUT2D eigenvalue weighted by Crippen LogP contribution is -2.43. The predicted octanol–water partition coefficient (Wildman–Crippen LogP) is 1.63. The Morgan fingerprint density at radius 3 is 2.41 bits per heavy atom. The van der Waals surface area contributed by atoms with E-state index in [2.05, 4.69) is 17.4 Å². The molecule has 0 aromatic heterocycles. The number of aliphatic carboxylic acids is 1. The van der Waals surface area contributed by atoms with E-state index in [0.29, 0.717) is 6.54 Å². The van der Waals surface area contributed by atoms with Gasteiger partial charge in [-0.1, -0.05) is 43.2 Å². The van der Waals surface area contributed by atoms with Crippen LogP contribution in [0.15, 0.2) is 30.3 Å². The predicted molar refractivity (Wildman–Crippen MR) is 84.7 cm³/mol. The summed E-state index contributed by atoms with van der Waals surface area (Å²) in [5, 5.41) is 11.7. The zero-order valence-electron chi connectivity index (χ0n) is 13.0. The first kappa shape index (κ1) is 16.5. The van der Waals surface area contributed by atoms with Crippen LogP contribution in [0.5, 0.6) is 0 Å². The Bertz CT molecular complexity index is 510. The summed E-state index contributed by atoms with van der Waals surface area (Å²) in [6.07, 6.45) is 4.54. The fourth-order valence-electron chi connectivity index (χ4n) is 3.27. The Balaban J connectivity index is 1.93. The van der Waals surface area contributed by atoms with Crippen molar-refractivity contribution >= 4 is 11.9 Å². The first-order valence-corrected chi connectivity index (χ1v) is 7.74. The number of benzene rings is 1. The Morgan fingerprint density at radius 2 is 1.82 bits per heavy atom. The lowest BCUT2D eigenvalue weighted by atomic mass is 9.79. The fraction of sp³-hybridized carbons (Fsp3) is 0.529. The van der Waals surface area contributed by atoms with Crippen molar-refractivity contribution in [3.8, 4) is 0 Å². The van der Waals surface area contributed by atoms with Crippen LogP contribution in [-0.4, -0.2) is 48.6 Å². The lowest BCUT2D eigenvalue weighted by molar-refractivity contribution is -0.138. The first-order valence-electron chi connectivity index (χ1n) is 7.74. The van der Waals surface area contributed by atoms with Gasteiger partial charge in [-0.05, 0) is 25.5 Å². The van der Waals surface area contributed by atoms with Crippen LogP contribution in [0.1, 0.15) is 31.2 Å². The monoisotopic (exact) mass is 304 g/mol. The number of carbonyl (C=O) groups is 2. The molecule has 5 nitrogen and oxygen atoms in total. The number of hydrogen-bond donors (Lipinski definition) is 2. The van der Waals surface area contributed by atoms with Crippen molar-refractivity contribution < 1.29 is 14.7 Å². The third-order valence-electron chi connectivity index (χ3n) is 4.39. The summed E-state index contributed by atoms with van der Waals surface area (Å²) in [4.78, 5) is 24.1. The molecule has 120 valence electrons. The fourth-order valence-corrected chi connectivity index (χ4v) is 3.27. The number of hydrogen-bond acceptors (Lipinski definition) is 3. The highest BCUT2D eigenvalue weighted by Gasteiger charge is 2.35. The molecule has 0 unspecified atom stereocenters. The Labute approximate surface area is 131 Å². The number of amides is 1. The molecule has 0 bridgehead atoms. The molecule has 0 heterocycles. The number of likely N-dealkylation sites (N-methyl/N-ethyl adjacent to an activating group) is 1. The van der Waals surface area contributed by atoms with Gasteiger partial charge in [0.05, 0.1) is 13.1 Å². The van der Waals surface area contributed by atoms with E-state index in [0.717, 1.165) is 12.8 Å². The lowest BCUT2D eigenvalue weighted by Gasteiger charge is -2.30. The molecule has 22 heavy (non-hydrogen) atoms. The average molecular weight is 304 g/mol. The van der Waals surface area contributed by atoms with Gasteiger partial charge in [-0.15, -0.1) is 0 Å². The third-order valence-corrected chi connectivity index (χ3v) is 4.39. The second kappa shape index (κ2) is 7.40. The van der Waals surface area contributed by atoms with Gasteiger partial charge in [0.2, 0.25) is 5.91 Å². The second-order valence-corrected chi connectivity index (χ2v) is 6.20. The number of rotatable bonds is 7. The van der Waals surface area contributed by atoms with Crippen LogP contribution < -0.4 is 5.32 Å². The molecule has 1 amide bonds. The Hall–Kier alpha value is -1.88. The smallest absolute Gasteiger partial charge is 0.317 e. The summed E-state index contributed by atoms with van der Waals surface area (Å²) in [6.45, 7) is 0.602. The number of carboxylic acid groups (broad SMARTS) is 1. The maximum atomic E-state index is 12.0. The molecule has 2 N–H and O–H groups in total. The van der Waals surface area contributed by atoms with Gasteiger partial charge in [0.15, 0.2) is 0 Å². The second-order valence-electron chi connectivity index (χ2n) is 6.20. The molecular weight excluding hydrogens is 280 g/mol. The van der Waals surface area contributed by atoms with Crippen molar-refractivity contribution in [2.75, 3.05) is 26.7 Å². The summed E-state index contributed by atoms with van der Waals surface area (Å²) in [5.41, 5.74) is 1.31. The molecule has 5 heteroatoms. The largest absolute Gasteiger partial charge is 0.480 e. The van der Waals surface area contributed by atoms with Crippen molar-refractivity contribution in [1.29, 1.82) is 0 Å². The van der Waals surface area contributed by atoms with E-state index in [4.69, 9.17) is 5.11 Å². The van der Waals surface area contributed by atoms with E-state index in [-0.39, 0.29) is 24.4 Å². The van der Waals surface area contributed by atoms with E-state index in [1.165, 1.54) is 23.3 Å². The SMILES string of the molecule is CN(CC(=O)O)CC(=O)NCC1(c2ccccc2)CCCC1. The number of nitrogens with one attached hydrogen (secondary N) is 1. The molecule has 0 radical (unpaired) electrons. The summed E-state index contributed by atoms with van der Waals surface area (Å²) in [5.74, 6) is -1.04. The van der Waals surface area contributed by atoms with Gasteiger partial charge in [0.1, 0.15) is 0 Å². The van der Waals surface area contributed by atoms with E-state index >= 15 is 0 Å². The van der Waals surface area contributed by atoms with E-state index in [9.17, 15) is 9.59 Å². The van der Waals surface area contributed by atoms with Crippen molar-refractivity contribution in [3.05, 3.63) is 35.9 Å². The number of carboxylic acids is 1. The summed E-state index contributed by atoms with van der Waals surface area (Å²) in [7, 11) is 1.64. The van der Waals surface area contributed by atoms with E-state index in [1.807, 2.05) is 18.2 Å². The van der Waals surface area contributed by atoms with Crippen molar-refractivity contribution in [2.45, 2.75) is 31.1 Å². The van der Waals surface area contributed by atoms with Crippen LogP contribution in [0.25, 0.3) is 0 Å². The minimum absolute atomic E-state index is 0.0300. The van der Waals surface area contributed by atoms with E-state index < -0.39 is 5.97 Å². The quantitative estimate of drug-likeness (QED) is 0.803. The van der Waals surface area contributed by atoms with Gasteiger partial charge in [0.25, 0.3) is 0 Å². The minimum Gasteiger partial charge on any atom is -0.480 e.